The summed E-state index contributed by atoms with van der Waals surface area (Å²) in [5.41, 5.74) is 3.45. The molecule has 0 amide bonds. The Kier molecular flexibility index (Phi) is 7.74. The molecule has 4 nitrogen and oxygen atoms in total. The van der Waals surface area contributed by atoms with Gasteiger partial charge < -0.3 is 9.84 Å². The summed E-state index contributed by atoms with van der Waals surface area (Å²) in [6.07, 6.45) is 0.234. The number of alkyl halides is 3. The summed E-state index contributed by atoms with van der Waals surface area (Å²) in [6.45, 7) is 2.78. The number of fused-ring (bicyclic) bond motifs is 1. The minimum absolute atomic E-state index is 0.184. The first kappa shape index (κ1) is 22.9. The molecule has 7 heteroatoms. The van der Waals surface area contributed by atoms with Gasteiger partial charge in [0, 0.05) is 19.5 Å². The van der Waals surface area contributed by atoms with E-state index in [1.54, 1.807) is 12.1 Å². The molecule has 166 valence electrons. The van der Waals surface area contributed by atoms with Crippen LogP contribution in [0.4, 0.5) is 13.2 Å². The van der Waals surface area contributed by atoms with E-state index in [0.29, 0.717) is 13.0 Å². The Morgan fingerprint density at radius 3 is 2.65 bits per heavy atom. The minimum Gasteiger partial charge on any atom is -0.489 e. The first-order valence-electron chi connectivity index (χ1n) is 10.3. The lowest BCUT2D eigenvalue weighted by Gasteiger charge is -2.29. The molecule has 1 aliphatic heterocycles. The molecule has 0 spiro atoms. The fourth-order valence-corrected chi connectivity index (χ4v) is 3.71. The molecule has 0 aliphatic carbocycles. The van der Waals surface area contributed by atoms with Crippen LogP contribution in [0.3, 0.4) is 0 Å². The Bertz CT molecular complexity index is 907. The number of hydrogen-bond acceptors (Lipinski definition) is 3. The van der Waals surface area contributed by atoms with Gasteiger partial charge in [0.25, 0.3) is 0 Å². The molecule has 1 aliphatic rings. The topological polar surface area (TPSA) is 49.8 Å². The van der Waals surface area contributed by atoms with Gasteiger partial charge in [0.05, 0.1) is 6.42 Å². The zero-order valence-electron chi connectivity index (χ0n) is 17.2. The van der Waals surface area contributed by atoms with Gasteiger partial charge in [-0.05, 0) is 53.8 Å². The molecule has 0 bridgehead atoms. The molecular formula is C24H26F3NO3. The van der Waals surface area contributed by atoms with Crippen molar-refractivity contribution >= 4 is 12.0 Å². The van der Waals surface area contributed by atoms with Crippen LogP contribution in [-0.2, 0) is 24.2 Å². The van der Waals surface area contributed by atoms with Crippen LogP contribution in [0.2, 0.25) is 0 Å². The Labute approximate surface area is 179 Å². The summed E-state index contributed by atoms with van der Waals surface area (Å²) < 4.78 is 43.2. The molecule has 2 aromatic carbocycles. The predicted octanol–water partition coefficient (Wildman–Crippen LogP) is 5.11. The zero-order valence-corrected chi connectivity index (χ0v) is 17.2. The highest BCUT2D eigenvalue weighted by atomic mass is 19.4. The van der Waals surface area contributed by atoms with Gasteiger partial charge >= 0.3 is 12.1 Å². The predicted molar refractivity (Wildman–Crippen MR) is 113 cm³/mol. The first-order chi connectivity index (χ1) is 14.8. The number of aliphatic carboxylic acids is 1. The highest BCUT2D eigenvalue weighted by molar-refractivity contribution is 5.66. The van der Waals surface area contributed by atoms with E-state index in [1.165, 1.54) is 23.3 Å². The number of carboxylic acids is 1. The molecule has 2 aromatic rings. The number of nitrogens with zero attached hydrogens (tertiary/aromatic N) is 1. The number of rotatable bonds is 9. The lowest BCUT2D eigenvalue weighted by atomic mass is 9.98. The van der Waals surface area contributed by atoms with E-state index in [4.69, 9.17) is 9.84 Å². The maximum atomic E-state index is 12.4. The van der Waals surface area contributed by atoms with Crippen molar-refractivity contribution in [3.05, 3.63) is 70.8 Å². The van der Waals surface area contributed by atoms with Crippen LogP contribution in [0.15, 0.2) is 48.5 Å². The highest BCUT2D eigenvalue weighted by Gasteiger charge is 2.27. The van der Waals surface area contributed by atoms with Crippen molar-refractivity contribution in [2.45, 2.75) is 38.4 Å². The third-order valence-corrected chi connectivity index (χ3v) is 5.20. The molecule has 0 radical (unpaired) electrons. The van der Waals surface area contributed by atoms with Gasteiger partial charge in [0.2, 0.25) is 0 Å². The lowest BCUT2D eigenvalue weighted by molar-refractivity contribution is -0.137. The Hall–Kier alpha value is -2.80. The number of ether oxygens (including phenoxy) is 1. The number of carbonyl (C=O) groups is 1. The fraction of sp³-hybridized carbons (Fsp3) is 0.375. The van der Waals surface area contributed by atoms with Crippen LogP contribution in [0, 0.1) is 0 Å². The van der Waals surface area contributed by atoms with Crippen LogP contribution in [-0.4, -0.2) is 41.8 Å². The van der Waals surface area contributed by atoms with Gasteiger partial charge in [0.1, 0.15) is 12.4 Å². The van der Waals surface area contributed by atoms with E-state index in [-0.39, 0.29) is 12.0 Å². The number of carboxylic acid groups (broad SMARTS) is 1. The zero-order chi connectivity index (χ0) is 22.3. The van der Waals surface area contributed by atoms with E-state index in [0.717, 1.165) is 37.4 Å². The van der Waals surface area contributed by atoms with Gasteiger partial charge in [-0.25, -0.2) is 0 Å². The second kappa shape index (κ2) is 10.5. The first-order valence-corrected chi connectivity index (χ1v) is 10.3. The summed E-state index contributed by atoms with van der Waals surface area (Å²) in [7, 11) is 0. The second-order valence-electron chi connectivity index (χ2n) is 7.66. The maximum absolute atomic E-state index is 12.4. The Balaban J connectivity index is 1.51. The van der Waals surface area contributed by atoms with Crippen LogP contribution in [0.25, 0.3) is 6.08 Å². The van der Waals surface area contributed by atoms with Crippen molar-refractivity contribution < 1.29 is 27.8 Å². The molecule has 0 fully saturated rings. The van der Waals surface area contributed by atoms with Crippen molar-refractivity contribution in [1.82, 2.24) is 4.90 Å². The van der Waals surface area contributed by atoms with Crippen molar-refractivity contribution in [2.24, 2.45) is 0 Å². The van der Waals surface area contributed by atoms with E-state index in [1.807, 2.05) is 24.3 Å². The fourth-order valence-electron chi connectivity index (χ4n) is 3.71. The third-order valence-electron chi connectivity index (χ3n) is 5.20. The molecule has 0 saturated heterocycles. The molecule has 31 heavy (non-hydrogen) atoms. The van der Waals surface area contributed by atoms with Gasteiger partial charge in [-0.1, -0.05) is 42.5 Å². The van der Waals surface area contributed by atoms with E-state index in [2.05, 4.69) is 11.0 Å². The quantitative estimate of drug-likeness (QED) is 0.597. The maximum Gasteiger partial charge on any atom is 0.393 e. The van der Waals surface area contributed by atoms with Gasteiger partial charge in [-0.15, -0.1) is 0 Å². The smallest absolute Gasteiger partial charge is 0.393 e. The molecule has 0 aromatic heterocycles. The molecular weight excluding hydrogens is 407 g/mol. The Morgan fingerprint density at radius 1 is 1.16 bits per heavy atom. The molecule has 0 unspecified atom stereocenters. The van der Waals surface area contributed by atoms with Crippen molar-refractivity contribution in [1.29, 1.82) is 0 Å². The van der Waals surface area contributed by atoms with Crippen molar-refractivity contribution in [2.75, 3.05) is 19.7 Å². The second-order valence-corrected chi connectivity index (χ2v) is 7.66. The van der Waals surface area contributed by atoms with Crippen LogP contribution < -0.4 is 4.74 Å². The average molecular weight is 433 g/mol. The summed E-state index contributed by atoms with van der Waals surface area (Å²) in [5, 5.41) is 8.78. The molecule has 1 heterocycles. The van der Waals surface area contributed by atoms with E-state index < -0.39 is 18.6 Å². The number of hydrogen-bond donors (Lipinski definition) is 1. The van der Waals surface area contributed by atoms with Crippen molar-refractivity contribution in [3.63, 3.8) is 0 Å². The van der Waals surface area contributed by atoms with Gasteiger partial charge in [0.15, 0.2) is 0 Å². The van der Waals surface area contributed by atoms with Crippen LogP contribution >= 0.6 is 0 Å². The average Bonchev–Trinajstić information content (AvgIpc) is 2.71. The summed E-state index contributed by atoms with van der Waals surface area (Å²) in [5.74, 6) is 0.0752. The van der Waals surface area contributed by atoms with Gasteiger partial charge in [-0.2, -0.15) is 13.2 Å². The highest BCUT2D eigenvalue weighted by Crippen LogP contribution is 2.28. The van der Waals surface area contributed by atoms with Crippen molar-refractivity contribution in [3.8, 4) is 5.75 Å². The third kappa shape index (κ3) is 7.43. The SMILES string of the molecule is O=C(O)CCCN1CCc2c(cccc2OC/C=C/c2ccc(CC(F)(F)F)cc2)C1. The Morgan fingerprint density at radius 2 is 1.94 bits per heavy atom. The monoisotopic (exact) mass is 433 g/mol. The lowest BCUT2D eigenvalue weighted by Crippen LogP contribution is -2.31. The number of benzene rings is 2. The van der Waals surface area contributed by atoms with Gasteiger partial charge in [-0.3, -0.25) is 9.69 Å². The molecule has 1 N–H and O–H groups in total. The summed E-state index contributed by atoms with van der Waals surface area (Å²) >= 11 is 0. The van der Waals surface area contributed by atoms with Crippen LogP contribution in [0.1, 0.15) is 35.1 Å². The van der Waals surface area contributed by atoms with E-state index in [9.17, 15) is 18.0 Å². The summed E-state index contributed by atoms with van der Waals surface area (Å²) in [4.78, 5) is 12.9. The largest absolute Gasteiger partial charge is 0.489 e. The minimum atomic E-state index is -4.20. The molecule has 0 atom stereocenters. The normalized spacial score (nSPS) is 14.5. The molecule has 3 rings (SSSR count). The van der Waals surface area contributed by atoms with E-state index >= 15 is 0 Å². The number of halogens is 3. The molecule has 0 saturated carbocycles. The van der Waals surface area contributed by atoms with Crippen LogP contribution in [0.5, 0.6) is 5.75 Å². The standard InChI is InChI=1S/C24H26F3NO3/c25-24(26,27)16-19-10-8-18(9-11-19)4-3-15-31-22-6-1-5-20-17-28(14-12-21(20)22)13-2-7-23(29)30/h1,3-6,8-11H,2,7,12-17H2,(H,29,30)/b4-3+. The summed E-state index contributed by atoms with van der Waals surface area (Å²) in [6, 6.07) is 12.3.